The zero-order chi connectivity index (χ0) is 14.4. The van der Waals surface area contributed by atoms with Crippen LogP contribution in [0.2, 0.25) is 0 Å². The average Bonchev–Trinajstić information content (AvgIpc) is 3.02. The van der Waals surface area contributed by atoms with E-state index in [4.69, 9.17) is 4.42 Å². The summed E-state index contributed by atoms with van der Waals surface area (Å²) in [5, 5.41) is 0. The molecular formula is C16H20N2O3. The number of hydrogen-bond donors (Lipinski definition) is 0. The van der Waals surface area contributed by atoms with Crippen LogP contribution in [-0.2, 0) is 4.79 Å². The van der Waals surface area contributed by atoms with Gasteiger partial charge in [0.15, 0.2) is 5.76 Å². The summed E-state index contributed by atoms with van der Waals surface area (Å²) in [4.78, 5) is 28.6. The van der Waals surface area contributed by atoms with Gasteiger partial charge in [-0.05, 0) is 43.2 Å². The number of likely N-dealkylation sites (tertiary alicyclic amines) is 1. The Morgan fingerprint density at radius 1 is 1.29 bits per heavy atom. The number of furan rings is 1. The lowest BCUT2D eigenvalue weighted by Gasteiger charge is -2.52. The van der Waals surface area contributed by atoms with Crippen molar-refractivity contribution in [1.82, 2.24) is 9.80 Å². The van der Waals surface area contributed by atoms with Crippen LogP contribution in [-0.4, -0.2) is 47.3 Å². The lowest BCUT2D eigenvalue weighted by atomic mass is 9.76. The number of piperidine rings is 3. The maximum atomic E-state index is 12.5. The highest BCUT2D eigenvalue weighted by atomic mass is 16.3. The number of carbonyl (C=O) groups is 2. The topological polar surface area (TPSA) is 53.8 Å². The first-order valence-corrected chi connectivity index (χ1v) is 7.84. The Labute approximate surface area is 123 Å². The largest absolute Gasteiger partial charge is 0.459 e. The Kier molecular flexibility index (Phi) is 3.01. The molecule has 0 unspecified atom stereocenters. The Morgan fingerprint density at radius 3 is 3.00 bits per heavy atom. The number of carbonyl (C=O) groups excluding carboxylic acids is 2. The van der Waals surface area contributed by atoms with Crippen molar-refractivity contribution in [3.8, 4) is 0 Å². The van der Waals surface area contributed by atoms with Crippen LogP contribution in [0.3, 0.4) is 0 Å². The molecule has 3 saturated heterocycles. The van der Waals surface area contributed by atoms with Crippen LogP contribution in [0.25, 0.3) is 0 Å². The minimum Gasteiger partial charge on any atom is -0.459 e. The maximum absolute atomic E-state index is 12.5. The molecule has 2 bridgehead atoms. The van der Waals surface area contributed by atoms with Crippen LogP contribution in [0, 0.1) is 11.8 Å². The van der Waals surface area contributed by atoms with Crippen molar-refractivity contribution >= 4 is 11.8 Å². The van der Waals surface area contributed by atoms with Crippen LogP contribution < -0.4 is 0 Å². The third-order valence-corrected chi connectivity index (χ3v) is 5.20. The number of fused-ring (bicyclic) bond motifs is 4. The monoisotopic (exact) mass is 288 g/mol. The number of hydrogen-bond acceptors (Lipinski definition) is 3. The summed E-state index contributed by atoms with van der Waals surface area (Å²) < 4.78 is 5.24. The van der Waals surface area contributed by atoms with E-state index in [0.717, 1.165) is 38.9 Å². The van der Waals surface area contributed by atoms with Gasteiger partial charge in [0, 0.05) is 32.1 Å². The normalized spacial score (nSPS) is 32.0. The molecule has 3 fully saturated rings. The Hall–Kier alpha value is -1.78. The number of amides is 2. The van der Waals surface area contributed by atoms with Crippen molar-refractivity contribution in [2.24, 2.45) is 11.8 Å². The molecule has 3 aliphatic rings. The summed E-state index contributed by atoms with van der Waals surface area (Å²) in [5.74, 6) is 1.57. The minimum atomic E-state index is -0.00899. The fraction of sp³-hybridized carbons (Fsp3) is 0.625. The van der Waals surface area contributed by atoms with Crippen molar-refractivity contribution in [2.45, 2.75) is 31.7 Å². The maximum Gasteiger partial charge on any atom is 0.289 e. The zero-order valence-electron chi connectivity index (χ0n) is 12.0. The summed E-state index contributed by atoms with van der Waals surface area (Å²) in [5.41, 5.74) is 0. The van der Waals surface area contributed by atoms with E-state index in [1.54, 1.807) is 18.4 Å². The molecule has 2 amide bonds. The number of rotatable bonds is 1. The van der Waals surface area contributed by atoms with E-state index in [1.165, 1.54) is 0 Å². The Morgan fingerprint density at radius 2 is 2.19 bits per heavy atom. The summed E-state index contributed by atoms with van der Waals surface area (Å²) in [6.45, 7) is 2.32. The molecule has 5 heteroatoms. The quantitative estimate of drug-likeness (QED) is 0.791. The first-order valence-electron chi connectivity index (χ1n) is 7.84. The molecule has 4 heterocycles. The molecule has 0 spiro atoms. The van der Waals surface area contributed by atoms with E-state index in [-0.39, 0.29) is 5.91 Å². The molecule has 3 aliphatic heterocycles. The predicted molar refractivity (Wildman–Crippen MR) is 75.6 cm³/mol. The van der Waals surface area contributed by atoms with Gasteiger partial charge in [0.2, 0.25) is 5.91 Å². The van der Waals surface area contributed by atoms with Crippen molar-refractivity contribution in [2.75, 3.05) is 19.6 Å². The first-order chi connectivity index (χ1) is 10.2. The fourth-order valence-corrected chi connectivity index (χ4v) is 4.33. The van der Waals surface area contributed by atoms with Gasteiger partial charge in [-0.25, -0.2) is 0 Å². The second kappa shape index (κ2) is 4.90. The van der Waals surface area contributed by atoms with Gasteiger partial charge >= 0.3 is 0 Å². The second-order valence-electron chi connectivity index (χ2n) is 6.55. The van der Waals surface area contributed by atoms with Gasteiger partial charge in [-0.1, -0.05) is 0 Å². The van der Waals surface area contributed by atoms with Gasteiger partial charge in [-0.3, -0.25) is 9.59 Å². The van der Waals surface area contributed by atoms with Crippen LogP contribution in [0.4, 0.5) is 0 Å². The van der Waals surface area contributed by atoms with Gasteiger partial charge in [0.25, 0.3) is 5.91 Å². The molecule has 1 aromatic rings. The molecule has 1 aromatic heterocycles. The number of nitrogens with zero attached hydrogens (tertiary/aromatic N) is 2. The third-order valence-electron chi connectivity index (χ3n) is 5.20. The highest BCUT2D eigenvalue weighted by Gasteiger charge is 2.45. The van der Waals surface area contributed by atoms with Crippen LogP contribution in [0.5, 0.6) is 0 Å². The van der Waals surface area contributed by atoms with Crippen molar-refractivity contribution < 1.29 is 14.0 Å². The van der Waals surface area contributed by atoms with E-state index >= 15 is 0 Å². The summed E-state index contributed by atoms with van der Waals surface area (Å²) in [6, 6.07) is 3.82. The second-order valence-corrected chi connectivity index (χ2v) is 6.55. The van der Waals surface area contributed by atoms with Crippen LogP contribution in [0.1, 0.15) is 36.2 Å². The van der Waals surface area contributed by atoms with Gasteiger partial charge in [-0.2, -0.15) is 0 Å². The molecule has 3 atom stereocenters. The first kappa shape index (κ1) is 12.9. The van der Waals surface area contributed by atoms with Crippen LogP contribution >= 0.6 is 0 Å². The highest BCUT2D eigenvalue weighted by Crippen LogP contribution is 2.38. The van der Waals surface area contributed by atoms with E-state index in [9.17, 15) is 9.59 Å². The molecule has 0 aliphatic carbocycles. The molecule has 5 nitrogen and oxygen atoms in total. The average molecular weight is 288 g/mol. The molecular weight excluding hydrogens is 268 g/mol. The van der Waals surface area contributed by atoms with E-state index in [0.29, 0.717) is 36.0 Å². The smallest absolute Gasteiger partial charge is 0.289 e. The van der Waals surface area contributed by atoms with Gasteiger partial charge in [0.1, 0.15) is 0 Å². The van der Waals surface area contributed by atoms with Crippen LogP contribution in [0.15, 0.2) is 22.8 Å². The third kappa shape index (κ3) is 2.15. The summed E-state index contributed by atoms with van der Waals surface area (Å²) >= 11 is 0. The van der Waals surface area contributed by atoms with E-state index < -0.39 is 0 Å². The SMILES string of the molecule is O=C(c1ccco1)N1C[C@H]2C[C@H](C1)[C@H]1CCCC(=O)N1C2. The van der Waals surface area contributed by atoms with Crippen molar-refractivity contribution in [3.05, 3.63) is 24.2 Å². The fourth-order valence-electron chi connectivity index (χ4n) is 4.33. The Balaban J connectivity index is 1.53. The molecule has 0 radical (unpaired) electrons. The van der Waals surface area contributed by atoms with E-state index in [2.05, 4.69) is 4.90 Å². The summed E-state index contributed by atoms with van der Waals surface area (Å²) in [6.07, 6.45) is 5.47. The molecule has 0 aromatic carbocycles. The van der Waals surface area contributed by atoms with E-state index in [1.807, 2.05) is 4.90 Å². The highest BCUT2D eigenvalue weighted by molar-refractivity contribution is 5.91. The van der Waals surface area contributed by atoms with Gasteiger partial charge in [0.05, 0.1) is 6.26 Å². The van der Waals surface area contributed by atoms with Crippen molar-refractivity contribution in [3.63, 3.8) is 0 Å². The lowest BCUT2D eigenvalue weighted by molar-refractivity contribution is -0.144. The molecule has 112 valence electrons. The summed E-state index contributed by atoms with van der Waals surface area (Å²) in [7, 11) is 0. The minimum absolute atomic E-state index is 0.00899. The van der Waals surface area contributed by atoms with Crippen molar-refractivity contribution in [1.29, 1.82) is 0 Å². The lowest BCUT2D eigenvalue weighted by Crippen LogP contribution is -2.61. The zero-order valence-corrected chi connectivity index (χ0v) is 12.0. The molecule has 0 N–H and O–H groups in total. The van der Waals surface area contributed by atoms with Gasteiger partial charge in [-0.15, -0.1) is 0 Å². The Bertz CT molecular complexity index is 554. The molecule has 21 heavy (non-hydrogen) atoms. The predicted octanol–water partition coefficient (Wildman–Crippen LogP) is 1.75. The molecule has 0 saturated carbocycles. The standard InChI is InChI=1S/C16H20N2O3/c19-15-5-1-3-13-12-7-11(9-18(13)15)8-17(10-12)16(20)14-4-2-6-21-14/h2,4,6,11-13H,1,3,5,7-10H2/t11-,12-,13-/m1/s1. The van der Waals surface area contributed by atoms with Gasteiger partial charge < -0.3 is 14.2 Å². The molecule has 4 rings (SSSR count).